The van der Waals surface area contributed by atoms with Crippen molar-refractivity contribution in [2.24, 2.45) is 0 Å². The summed E-state index contributed by atoms with van der Waals surface area (Å²) < 4.78 is 29.8. The first-order valence-electron chi connectivity index (χ1n) is 15.3. The Labute approximate surface area is 268 Å². The summed E-state index contributed by atoms with van der Waals surface area (Å²) in [4.78, 5) is 30.0. The molecule has 0 aliphatic heterocycles. The summed E-state index contributed by atoms with van der Waals surface area (Å²) in [5, 5.41) is 2.98. The molecule has 236 valence electrons. The number of carbonyl (C=O) groups excluding carboxylic acids is 2. The maximum Gasteiger partial charge on any atom is 0.264 e. The highest BCUT2D eigenvalue weighted by atomic mass is 32.2. The van der Waals surface area contributed by atoms with Crippen LogP contribution in [0.25, 0.3) is 0 Å². The zero-order valence-electron chi connectivity index (χ0n) is 26.8. The molecule has 4 aromatic carbocycles. The molecule has 7 nitrogen and oxygen atoms in total. The van der Waals surface area contributed by atoms with Crippen LogP contribution in [0.5, 0.6) is 0 Å². The summed E-state index contributed by atoms with van der Waals surface area (Å²) in [6, 6.07) is 28.5. The third-order valence-electron chi connectivity index (χ3n) is 7.99. The average Bonchev–Trinajstić information content (AvgIpc) is 3.02. The molecule has 0 radical (unpaired) electrons. The second kappa shape index (κ2) is 15.0. The Bertz CT molecular complexity index is 1720. The minimum absolute atomic E-state index is 0.0913. The van der Waals surface area contributed by atoms with E-state index in [9.17, 15) is 18.0 Å². The van der Waals surface area contributed by atoms with Crippen molar-refractivity contribution < 1.29 is 18.0 Å². The largest absolute Gasteiger partial charge is 0.354 e. The number of rotatable bonds is 13. The van der Waals surface area contributed by atoms with Gasteiger partial charge in [-0.2, -0.15) is 0 Å². The van der Waals surface area contributed by atoms with E-state index in [1.165, 1.54) is 9.21 Å². The van der Waals surface area contributed by atoms with Crippen LogP contribution in [-0.4, -0.2) is 44.3 Å². The molecule has 0 fully saturated rings. The molecule has 0 heterocycles. The lowest BCUT2D eigenvalue weighted by molar-refractivity contribution is -0.140. The van der Waals surface area contributed by atoms with Gasteiger partial charge < -0.3 is 10.2 Å². The van der Waals surface area contributed by atoms with Crippen molar-refractivity contribution in [2.75, 3.05) is 17.4 Å². The number of benzene rings is 4. The molecule has 1 atom stereocenters. The van der Waals surface area contributed by atoms with Crippen LogP contribution in [-0.2, 0) is 32.6 Å². The van der Waals surface area contributed by atoms with Crippen LogP contribution in [0.3, 0.4) is 0 Å². The van der Waals surface area contributed by atoms with Gasteiger partial charge in [0.1, 0.15) is 12.6 Å². The Morgan fingerprint density at radius 3 is 2.11 bits per heavy atom. The molecule has 4 aromatic rings. The minimum atomic E-state index is -4.15. The lowest BCUT2D eigenvalue weighted by atomic mass is 10.0. The van der Waals surface area contributed by atoms with E-state index in [0.717, 1.165) is 39.8 Å². The molecule has 45 heavy (non-hydrogen) atoms. The first-order chi connectivity index (χ1) is 21.5. The predicted octanol–water partition coefficient (Wildman–Crippen LogP) is 6.28. The van der Waals surface area contributed by atoms with E-state index >= 15 is 0 Å². The maximum absolute atomic E-state index is 14.6. The fraction of sp³-hybridized carbons (Fsp3) is 0.297. The SMILES string of the molecule is CCCNC(=O)[C@H](Cc1ccccc1)N(Cc1cccc(C)c1)C(=O)CN(c1cccc(C)c1C)S(=O)(=O)c1ccc(C)cc1. The van der Waals surface area contributed by atoms with Gasteiger partial charge in [-0.3, -0.25) is 13.9 Å². The van der Waals surface area contributed by atoms with Gasteiger partial charge in [-0.25, -0.2) is 8.42 Å². The van der Waals surface area contributed by atoms with Crippen molar-refractivity contribution in [3.63, 3.8) is 0 Å². The molecule has 8 heteroatoms. The fourth-order valence-electron chi connectivity index (χ4n) is 5.28. The molecule has 1 N–H and O–H groups in total. The van der Waals surface area contributed by atoms with Gasteiger partial charge >= 0.3 is 0 Å². The molecule has 0 aliphatic carbocycles. The van der Waals surface area contributed by atoms with E-state index in [2.05, 4.69) is 5.32 Å². The fourth-order valence-corrected chi connectivity index (χ4v) is 6.76. The first-order valence-corrected chi connectivity index (χ1v) is 16.8. The summed E-state index contributed by atoms with van der Waals surface area (Å²) in [5.41, 5.74) is 5.78. The van der Waals surface area contributed by atoms with Crippen LogP contribution in [0.15, 0.2) is 102 Å². The van der Waals surface area contributed by atoms with Gasteiger partial charge in [0.2, 0.25) is 11.8 Å². The lowest BCUT2D eigenvalue weighted by Crippen LogP contribution is -2.53. The second-order valence-corrected chi connectivity index (χ2v) is 13.4. The Balaban J connectivity index is 1.83. The third-order valence-corrected chi connectivity index (χ3v) is 9.76. The lowest BCUT2D eigenvalue weighted by Gasteiger charge is -2.34. The molecule has 0 spiro atoms. The monoisotopic (exact) mass is 625 g/mol. The van der Waals surface area contributed by atoms with Crippen LogP contribution in [0.2, 0.25) is 0 Å². The van der Waals surface area contributed by atoms with Crippen molar-refractivity contribution in [3.05, 3.63) is 130 Å². The van der Waals surface area contributed by atoms with Crippen LogP contribution < -0.4 is 9.62 Å². The van der Waals surface area contributed by atoms with Crippen molar-refractivity contribution in [3.8, 4) is 0 Å². The molecule has 0 aliphatic rings. The molecule has 0 bridgehead atoms. The molecule has 0 saturated heterocycles. The molecule has 2 amide bonds. The second-order valence-electron chi connectivity index (χ2n) is 11.6. The summed E-state index contributed by atoms with van der Waals surface area (Å²) in [6.45, 7) is 9.74. The average molecular weight is 626 g/mol. The van der Waals surface area contributed by atoms with Gasteiger partial charge in [0.25, 0.3) is 10.0 Å². The van der Waals surface area contributed by atoms with Crippen LogP contribution in [0, 0.1) is 27.7 Å². The molecule has 0 unspecified atom stereocenters. The van der Waals surface area contributed by atoms with Gasteiger partial charge in [0, 0.05) is 19.5 Å². The highest BCUT2D eigenvalue weighted by Gasteiger charge is 2.35. The van der Waals surface area contributed by atoms with E-state index in [0.29, 0.717) is 12.2 Å². The number of aryl methyl sites for hydroxylation is 3. The van der Waals surface area contributed by atoms with Crippen molar-refractivity contribution in [2.45, 2.75) is 64.9 Å². The smallest absolute Gasteiger partial charge is 0.264 e. The van der Waals surface area contributed by atoms with E-state index in [1.54, 1.807) is 36.4 Å². The molecular weight excluding hydrogens is 582 g/mol. The maximum atomic E-state index is 14.6. The minimum Gasteiger partial charge on any atom is -0.354 e. The number of carbonyl (C=O) groups is 2. The summed E-state index contributed by atoms with van der Waals surface area (Å²) in [5.74, 6) is -0.748. The zero-order valence-corrected chi connectivity index (χ0v) is 27.6. The topological polar surface area (TPSA) is 86.8 Å². The third kappa shape index (κ3) is 8.39. The Morgan fingerprint density at radius 2 is 1.44 bits per heavy atom. The van der Waals surface area contributed by atoms with E-state index < -0.39 is 28.5 Å². The first kappa shape index (κ1) is 33.5. The predicted molar refractivity (Wildman–Crippen MR) is 181 cm³/mol. The highest BCUT2D eigenvalue weighted by Crippen LogP contribution is 2.29. The summed E-state index contributed by atoms with van der Waals surface area (Å²) in [6.07, 6.45) is 1.02. The summed E-state index contributed by atoms with van der Waals surface area (Å²) >= 11 is 0. The van der Waals surface area contributed by atoms with E-state index in [1.807, 2.05) is 95.3 Å². The Hall–Kier alpha value is -4.43. The van der Waals surface area contributed by atoms with Gasteiger partial charge in [0.15, 0.2) is 0 Å². The van der Waals surface area contributed by atoms with Gasteiger partial charge in [-0.15, -0.1) is 0 Å². The standard InChI is InChI=1S/C37H43N3O4S/c1-6-22-38-37(42)35(24-31-14-8-7-9-15-31)39(25-32-16-10-12-28(3)23-32)36(41)26-40(34-17-11-13-29(4)30(34)5)45(43,44)33-20-18-27(2)19-21-33/h7-21,23,35H,6,22,24-26H2,1-5H3,(H,38,42)/t35-/m0/s1. The van der Waals surface area contributed by atoms with Crippen molar-refractivity contribution in [1.29, 1.82) is 0 Å². The molecular formula is C37H43N3O4S. The molecule has 4 rings (SSSR count). The normalized spacial score (nSPS) is 11.9. The number of hydrogen-bond acceptors (Lipinski definition) is 4. The number of sulfonamides is 1. The van der Waals surface area contributed by atoms with Gasteiger partial charge in [0.05, 0.1) is 10.6 Å². The van der Waals surface area contributed by atoms with Crippen molar-refractivity contribution in [1.82, 2.24) is 10.2 Å². The van der Waals surface area contributed by atoms with Gasteiger partial charge in [-0.1, -0.05) is 96.9 Å². The van der Waals surface area contributed by atoms with Crippen LogP contribution in [0.1, 0.15) is 46.7 Å². The number of nitrogens with one attached hydrogen (secondary N) is 1. The van der Waals surface area contributed by atoms with Gasteiger partial charge in [-0.05, 0) is 74.6 Å². The molecule has 0 aromatic heterocycles. The highest BCUT2D eigenvalue weighted by molar-refractivity contribution is 7.92. The quantitative estimate of drug-likeness (QED) is 0.190. The zero-order chi connectivity index (χ0) is 32.6. The van der Waals surface area contributed by atoms with Crippen molar-refractivity contribution >= 4 is 27.5 Å². The number of amides is 2. The van der Waals surface area contributed by atoms with Crippen LogP contribution in [0.4, 0.5) is 5.69 Å². The summed E-state index contributed by atoms with van der Waals surface area (Å²) in [7, 11) is -4.15. The van der Waals surface area contributed by atoms with Crippen LogP contribution >= 0.6 is 0 Å². The van der Waals surface area contributed by atoms with E-state index in [-0.39, 0.29) is 23.8 Å². The number of hydrogen-bond donors (Lipinski definition) is 1. The Morgan fingerprint density at radius 1 is 0.778 bits per heavy atom. The Kier molecular flexibility index (Phi) is 11.2. The number of anilines is 1. The molecule has 0 saturated carbocycles. The van der Waals surface area contributed by atoms with E-state index in [4.69, 9.17) is 0 Å². The number of nitrogens with zero attached hydrogens (tertiary/aromatic N) is 2.